The Morgan fingerprint density at radius 3 is 2.25 bits per heavy atom. The predicted molar refractivity (Wildman–Crippen MR) is 71.6 cm³/mol. The van der Waals surface area contributed by atoms with Crippen LogP contribution in [-0.4, -0.2) is 13.0 Å². The van der Waals surface area contributed by atoms with Crippen LogP contribution >= 0.6 is 0 Å². The average Bonchev–Trinajstić information content (AvgIpc) is 2.48. The van der Waals surface area contributed by atoms with E-state index in [1.165, 1.54) is 0 Å². The van der Waals surface area contributed by atoms with Crippen molar-refractivity contribution in [3.63, 3.8) is 0 Å². The quantitative estimate of drug-likeness (QED) is 0.645. The van der Waals surface area contributed by atoms with Gasteiger partial charge in [0.25, 0.3) is 5.91 Å². The van der Waals surface area contributed by atoms with Crippen LogP contribution in [0.5, 0.6) is 0 Å². The minimum atomic E-state index is -0.175. The van der Waals surface area contributed by atoms with Crippen LogP contribution in [0.2, 0.25) is 0 Å². The number of nitriles is 1. The van der Waals surface area contributed by atoms with Gasteiger partial charge in [0, 0.05) is 17.7 Å². The third-order valence-electron chi connectivity index (χ3n) is 2.78. The summed E-state index contributed by atoms with van der Waals surface area (Å²) in [6, 6.07) is 18.2. The van der Waals surface area contributed by atoms with Crippen LogP contribution in [0.25, 0.3) is 0 Å². The maximum atomic E-state index is 12.0. The molecule has 2 aromatic carbocycles. The van der Waals surface area contributed by atoms with Crippen molar-refractivity contribution < 1.29 is 22.2 Å². The third kappa shape index (κ3) is 3.82. The summed E-state index contributed by atoms with van der Waals surface area (Å²) in [5, 5.41) is 9.51. The molecule has 0 bridgehead atoms. The van der Waals surface area contributed by atoms with E-state index >= 15 is 0 Å². The van der Waals surface area contributed by atoms with E-state index in [4.69, 9.17) is 5.26 Å². The molecule has 0 saturated heterocycles. The molecule has 0 aliphatic heterocycles. The van der Waals surface area contributed by atoms with E-state index < -0.39 is 0 Å². The van der Waals surface area contributed by atoms with Crippen molar-refractivity contribution in [2.45, 2.75) is 0 Å². The highest BCUT2D eigenvalue weighted by molar-refractivity contribution is 5.93. The van der Waals surface area contributed by atoms with Crippen LogP contribution in [0.3, 0.4) is 0 Å². The normalized spacial score (nSPS) is 10.8. The van der Waals surface area contributed by atoms with Gasteiger partial charge >= 0.3 is 0 Å². The highest BCUT2D eigenvalue weighted by Crippen LogP contribution is 2.03. The molecule has 0 fully saturated rings. The molecule has 0 radical (unpaired) electrons. The second-order valence-electron chi connectivity index (χ2n) is 4.13. The number of hydrogen-bond donors (Lipinski definition) is 2. The van der Waals surface area contributed by atoms with Crippen LogP contribution < -0.4 is 22.8 Å². The van der Waals surface area contributed by atoms with E-state index in [1.54, 1.807) is 24.3 Å². The van der Waals surface area contributed by atoms with Crippen LogP contribution in [0.4, 0.5) is 5.69 Å². The Bertz CT molecular complexity index is 605. The Kier molecular flexibility index (Phi) is 5.73. The number of nitrogens with zero attached hydrogens (tertiary/aromatic N) is 1. The first-order chi connectivity index (χ1) is 9.20. The van der Waals surface area contributed by atoms with Gasteiger partial charge in [-0.1, -0.05) is 18.2 Å². The predicted octanol–water partition coefficient (Wildman–Crippen LogP) is -1.95. The Morgan fingerprint density at radius 2 is 1.70 bits per heavy atom. The van der Waals surface area contributed by atoms with Crippen molar-refractivity contribution in [2.75, 3.05) is 7.05 Å². The number of hydrogen-bond acceptors (Lipinski definition) is 2. The molecule has 4 nitrogen and oxygen atoms in total. The first-order valence-electron chi connectivity index (χ1n) is 5.91. The van der Waals surface area contributed by atoms with Crippen molar-refractivity contribution >= 4 is 11.6 Å². The zero-order chi connectivity index (χ0) is 13.7. The second-order valence-corrected chi connectivity index (χ2v) is 4.13. The first-order valence-corrected chi connectivity index (χ1v) is 5.91. The molecule has 1 amide bonds. The molecular weight excluding hydrogens is 274 g/mol. The summed E-state index contributed by atoms with van der Waals surface area (Å²) in [5.41, 5.74) is 4.90. The topological polar surface area (TPSA) is 57.3 Å². The standard InChI is InChI=1S/C15H13N3O.ClH/c1-18(14-5-3-2-4-6-14)17-15(19)13-9-7-12(11-16)8-10-13;/h2-10H,1H3,(H,17,19);1H. The van der Waals surface area contributed by atoms with Gasteiger partial charge in [0.1, 0.15) is 0 Å². The summed E-state index contributed by atoms with van der Waals surface area (Å²) in [6.07, 6.45) is 0. The van der Waals surface area contributed by atoms with Crippen molar-refractivity contribution in [1.29, 1.82) is 5.26 Å². The number of halogens is 1. The number of carbonyl (C=O) groups excluding carboxylic acids is 1. The lowest BCUT2D eigenvalue weighted by atomic mass is 10.1. The summed E-state index contributed by atoms with van der Waals surface area (Å²) in [7, 11) is 1.86. The fourth-order valence-electron chi connectivity index (χ4n) is 1.70. The lowest BCUT2D eigenvalue weighted by molar-refractivity contribution is -0.849. The Balaban J connectivity index is 0.00000200. The Morgan fingerprint density at radius 1 is 1.10 bits per heavy atom. The fourth-order valence-corrected chi connectivity index (χ4v) is 1.70. The summed E-state index contributed by atoms with van der Waals surface area (Å²) in [6.45, 7) is 0. The highest BCUT2D eigenvalue weighted by atomic mass is 35.5. The van der Waals surface area contributed by atoms with Crippen molar-refractivity contribution in [3.8, 4) is 6.07 Å². The fraction of sp³-hybridized carbons (Fsp3) is 0.0667. The Labute approximate surface area is 124 Å². The average molecular weight is 288 g/mol. The molecule has 2 aromatic rings. The van der Waals surface area contributed by atoms with Crippen LogP contribution in [0.15, 0.2) is 54.6 Å². The van der Waals surface area contributed by atoms with Gasteiger partial charge in [0.05, 0.1) is 18.7 Å². The van der Waals surface area contributed by atoms with Gasteiger partial charge in [-0.05, 0) is 24.3 Å². The van der Waals surface area contributed by atoms with Gasteiger partial charge in [-0.2, -0.15) is 10.7 Å². The molecule has 5 heteroatoms. The lowest BCUT2D eigenvalue weighted by Gasteiger charge is -2.13. The number of nitrogens with one attached hydrogen (secondary N) is 2. The molecular formula is C15H14ClN3O. The number of amides is 1. The maximum absolute atomic E-state index is 12.0. The molecule has 2 N–H and O–H groups in total. The second kappa shape index (κ2) is 7.29. The number of quaternary nitrogens is 1. The minimum Gasteiger partial charge on any atom is -1.00 e. The summed E-state index contributed by atoms with van der Waals surface area (Å²) in [4.78, 5) is 12.0. The third-order valence-corrected chi connectivity index (χ3v) is 2.78. The van der Waals surface area contributed by atoms with E-state index in [0.717, 1.165) is 10.7 Å². The van der Waals surface area contributed by atoms with Crippen molar-refractivity contribution in [1.82, 2.24) is 5.43 Å². The van der Waals surface area contributed by atoms with Crippen molar-refractivity contribution in [2.24, 2.45) is 0 Å². The molecule has 0 aromatic heterocycles. The molecule has 1 atom stereocenters. The molecule has 1 unspecified atom stereocenters. The summed E-state index contributed by atoms with van der Waals surface area (Å²) in [5.74, 6) is -0.175. The minimum absolute atomic E-state index is 0. The molecule has 20 heavy (non-hydrogen) atoms. The van der Waals surface area contributed by atoms with E-state index in [-0.39, 0.29) is 18.3 Å². The van der Waals surface area contributed by atoms with Gasteiger partial charge < -0.3 is 12.4 Å². The lowest BCUT2D eigenvalue weighted by Crippen LogP contribution is -3.12. The number of benzene rings is 2. The van der Waals surface area contributed by atoms with Gasteiger partial charge in [0.15, 0.2) is 5.69 Å². The number of para-hydroxylation sites is 1. The molecule has 0 spiro atoms. The van der Waals surface area contributed by atoms with Gasteiger partial charge in [-0.3, -0.25) is 4.79 Å². The van der Waals surface area contributed by atoms with E-state index in [2.05, 4.69) is 5.43 Å². The largest absolute Gasteiger partial charge is 1.00 e. The summed E-state index contributed by atoms with van der Waals surface area (Å²) >= 11 is 0. The van der Waals surface area contributed by atoms with Crippen molar-refractivity contribution in [3.05, 3.63) is 65.7 Å². The zero-order valence-electron chi connectivity index (χ0n) is 10.9. The van der Waals surface area contributed by atoms with Crippen LogP contribution in [-0.2, 0) is 0 Å². The number of carbonyl (C=O) groups is 1. The monoisotopic (exact) mass is 287 g/mol. The SMILES string of the molecule is C[NH+](NC(=O)c1ccc(C#N)cc1)c1ccccc1.[Cl-]. The molecule has 102 valence electrons. The summed E-state index contributed by atoms with van der Waals surface area (Å²) < 4.78 is 0. The Hall–Kier alpha value is -2.35. The molecule has 0 heterocycles. The van der Waals surface area contributed by atoms with Crippen LogP contribution in [0, 0.1) is 11.3 Å². The smallest absolute Gasteiger partial charge is 0.296 e. The van der Waals surface area contributed by atoms with E-state index in [0.29, 0.717) is 11.1 Å². The molecule has 0 aliphatic rings. The molecule has 0 saturated carbocycles. The van der Waals surface area contributed by atoms with Gasteiger partial charge in [-0.15, -0.1) is 0 Å². The molecule has 2 rings (SSSR count). The number of rotatable bonds is 3. The van der Waals surface area contributed by atoms with Gasteiger partial charge in [0.2, 0.25) is 0 Å². The highest BCUT2D eigenvalue weighted by Gasteiger charge is 2.12. The first kappa shape index (κ1) is 15.7. The van der Waals surface area contributed by atoms with Crippen LogP contribution in [0.1, 0.15) is 15.9 Å². The maximum Gasteiger partial charge on any atom is 0.296 e. The molecule has 0 aliphatic carbocycles. The zero-order valence-corrected chi connectivity index (χ0v) is 11.7. The van der Waals surface area contributed by atoms with E-state index in [9.17, 15) is 4.79 Å². The van der Waals surface area contributed by atoms with E-state index in [1.807, 2.05) is 43.4 Å². The van der Waals surface area contributed by atoms with Gasteiger partial charge in [-0.25, -0.2) is 5.01 Å².